The van der Waals surface area contributed by atoms with Gasteiger partial charge in [-0.3, -0.25) is 14.5 Å². The molecule has 2 aromatic carbocycles. The van der Waals surface area contributed by atoms with Gasteiger partial charge in [-0.1, -0.05) is 73.1 Å². The maximum absolute atomic E-state index is 13.2. The fraction of sp³-hybridized carbons (Fsp3) is 0.407. The first-order valence-corrected chi connectivity index (χ1v) is 12.4. The van der Waals surface area contributed by atoms with Crippen molar-refractivity contribution in [2.24, 2.45) is 0 Å². The van der Waals surface area contributed by atoms with Crippen LogP contribution in [0.4, 0.5) is 0 Å². The Bertz CT molecular complexity index is 1080. The maximum atomic E-state index is 13.2. The zero-order chi connectivity index (χ0) is 24.5. The number of likely N-dealkylation sites (tertiary alicyclic amines) is 1. The molecule has 1 N–H and O–H groups in total. The summed E-state index contributed by atoms with van der Waals surface area (Å²) in [6.07, 6.45) is 0. The highest BCUT2D eigenvalue weighted by Crippen LogP contribution is 2.40. The second kappa shape index (κ2) is 10.0. The van der Waals surface area contributed by atoms with Crippen LogP contribution in [0.2, 0.25) is 0 Å². The van der Waals surface area contributed by atoms with Gasteiger partial charge >= 0.3 is 0 Å². The largest absolute Gasteiger partial charge is 0.507 e. The number of amides is 1. The van der Waals surface area contributed by atoms with E-state index in [1.165, 1.54) is 0 Å². The van der Waals surface area contributed by atoms with Crippen molar-refractivity contribution in [2.45, 2.75) is 32.2 Å². The molecule has 0 spiro atoms. The van der Waals surface area contributed by atoms with Crippen LogP contribution in [0.1, 0.15) is 43.5 Å². The maximum Gasteiger partial charge on any atom is 0.295 e. The van der Waals surface area contributed by atoms with Crippen LogP contribution in [0.5, 0.6) is 0 Å². The lowest BCUT2D eigenvalue weighted by Crippen LogP contribution is -2.42. The summed E-state index contributed by atoms with van der Waals surface area (Å²) in [4.78, 5) is 30.2. The van der Waals surface area contributed by atoms with E-state index in [9.17, 15) is 14.7 Å². The molecule has 7 heteroatoms. The van der Waals surface area contributed by atoms with Gasteiger partial charge in [0.25, 0.3) is 11.7 Å². The summed E-state index contributed by atoms with van der Waals surface area (Å²) in [5.74, 6) is -1.37. The van der Waals surface area contributed by atoms with Crippen molar-refractivity contribution in [1.29, 1.82) is 0 Å². The number of ether oxygens (including phenoxy) is 1. The molecule has 34 heavy (non-hydrogen) atoms. The van der Waals surface area contributed by atoms with E-state index < -0.39 is 17.7 Å². The van der Waals surface area contributed by atoms with Crippen LogP contribution in [0.25, 0.3) is 5.76 Å². The summed E-state index contributed by atoms with van der Waals surface area (Å²) in [6.45, 7) is 10.4. The van der Waals surface area contributed by atoms with Gasteiger partial charge in [0.2, 0.25) is 0 Å². The molecule has 0 aliphatic carbocycles. The summed E-state index contributed by atoms with van der Waals surface area (Å²) in [5.41, 5.74) is 2.60. The molecule has 2 aliphatic rings. The number of hydrogen-bond acceptors (Lipinski definition) is 5. The first-order valence-electron chi connectivity index (χ1n) is 11.6. The molecule has 6 nitrogen and oxygen atoms in total. The number of aliphatic hydroxyl groups is 1. The molecule has 2 fully saturated rings. The highest BCUT2D eigenvalue weighted by Gasteiger charge is 2.46. The van der Waals surface area contributed by atoms with Gasteiger partial charge in [-0.15, -0.1) is 0 Å². The average Bonchev–Trinajstić information content (AvgIpc) is 3.08. The van der Waals surface area contributed by atoms with Gasteiger partial charge in [-0.2, -0.15) is 0 Å². The lowest BCUT2D eigenvalue weighted by Gasteiger charge is -2.31. The number of carbonyl (C=O) groups is 2. The van der Waals surface area contributed by atoms with E-state index in [2.05, 4.69) is 41.6 Å². The van der Waals surface area contributed by atoms with Crippen molar-refractivity contribution in [3.63, 3.8) is 0 Å². The normalized spacial score (nSPS) is 21.3. The number of aliphatic hydroxyl groups excluding tert-OH is 1. The number of morpholine rings is 1. The Morgan fingerprint density at radius 3 is 2.21 bits per heavy atom. The molecule has 0 bridgehead atoms. The summed E-state index contributed by atoms with van der Waals surface area (Å²) in [6, 6.07) is 14.4. The zero-order valence-electron chi connectivity index (χ0n) is 19.9. The minimum Gasteiger partial charge on any atom is -0.507 e. The highest BCUT2D eigenvalue weighted by atomic mass is 79.9. The molecule has 0 radical (unpaired) electrons. The second-order valence-electron chi connectivity index (χ2n) is 9.83. The standard InChI is InChI=1S/C27H31BrN2O4/c1-27(2,3)20-8-4-18(5-9-20)23-22(24(31)19-6-10-21(28)11-7-19)25(32)26(33)30(23)13-12-29-14-16-34-17-15-29/h4-11,23,31H,12-17H2,1-3H3/b24-22+. The van der Waals surface area contributed by atoms with Crippen LogP contribution < -0.4 is 0 Å². The minimum atomic E-state index is -0.646. The predicted octanol–water partition coefficient (Wildman–Crippen LogP) is 4.50. The van der Waals surface area contributed by atoms with E-state index in [1.807, 2.05) is 24.3 Å². The van der Waals surface area contributed by atoms with E-state index in [4.69, 9.17) is 4.74 Å². The van der Waals surface area contributed by atoms with Gasteiger partial charge < -0.3 is 14.7 Å². The number of benzene rings is 2. The third kappa shape index (κ3) is 5.11. The number of hydrogen-bond donors (Lipinski definition) is 1. The Morgan fingerprint density at radius 1 is 1.00 bits per heavy atom. The molecule has 0 aromatic heterocycles. The molecular weight excluding hydrogens is 496 g/mol. The van der Waals surface area contributed by atoms with Crippen LogP contribution in [0.15, 0.2) is 58.6 Å². The van der Waals surface area contributed by atoms with Crippen LogP contribution in [-0.2, 0) is 19.7 Å². The Balaban J connectivity index is 1.74. The summed E-state index contributed by atoms with van der Waals surface area (Å²) < 4.78 is 6.29. The first kappa shape index (κ1) is 24.6. The quantitative estimate of drug-likeness (QED) is 0.352. The van der Waals surface area contributed by atoms with E-state index in [0.717, 1.165) is 28.7 Å². The van der Waals surface area contributed by atoms with Gasteiger partial charge in [0.15, 0.2) is 0 Å². The lowest BCUT2D eigenvalue weighted by atomic mass is 9.85. The Labute approximate surface area is 209 Å². The van der Waals surface area contributed by atoms with Crippen molar-refractivity contribution >= 4 is 33.4 Å². The SMILES string of the molecule is CC(C)(C)c1ccc(C2/C(=C(\O)c3ccc(Br)cc3)C(=O)C(=O)N2CCN2CCOCC2)cc1. The summed E-state index contributed by atoms with van der Waals surface area (Å²) in [7, 11) is 0. The van der Waals surface area contributed by atoms with Gasteiger partial charge in [0.1, 0.15) is 5.76 Å². The lowest BCUT2D eigenvalue weighted by molar-refractivity contribution is -0.140. The third-order valence-electron chi connectivity index (χ3n) is 6.51. The molecule has 1 unspecified atom stereocenters. The average molecular weight is 527 g/mol. The van der Waals surface area contributed by atoms with Crippen molar-refractivity contribution < 1.29 is 19.4 Å². The fourth-order valence-electron chi connectivity index (χ4n) is 4.46. The number of halogens is 1. The molecule has 0 saturated carbocycles. The van der Waals surface area contributed by atoms with Crippen molar-refractivity contribution in [3.05, 3.63) is 75.3 Å². The van der Waals surface area contributed by atoms with Crippen molar-refractivity contribution in [3.8, 4) is 0 Å². The smallest absolute Gasteiger partial charge is 0.295 e. The van der Waals surface area contributed by atoms with Crippen LogP contribution in [0.3, 0.4) is 0 Å². The summed E-state index contributed by atoms with van der Waals surface area (Å²) in [5, 5.41) is 11.2. The number of carbonyl (C=O) groups excluding carboxylic acids is 2. The molecule has 4 rings (SSSR count). The van der Waals surface area contributed by atoms with Gasteiger partial charge in [-0.25, -0.2) is 0 Å². The van der Waals surface area contributed by atoms with Crippen LogP contribution >= 0.6 is 15.9 Å². The second-order valence-corrected chi connectivity index (χ2v) is 10.7. The number of Topliss-reactive ketones (excluding diaryl/α,β-unsaturated/α-hetero) is 1. The fourth-order valence-corrected chi connectivity index (χ4v) is 4.72. The number of nitrogens with zero attached hydrogens (tertiary/aromatic N) is 2. The summed E-state index contributed by atoms with van der Waals surface area (Å²) >= 11 is 3.40. The van der Waals surface area contributed by atoms with E-state index >= 15 is 0 Å². The molecule has 1 atom stereocenters. The van der Waals surface area contributed by atoms with Gasteiger partial charge in [0, 0.05) is 36.2 Å². The first-order chi connectivity index (χ1) is 16.2. The molecular formula is C27H31BrN2O4. The number of ketones is 1. The van der Waals surface area contributed by atoms with E-state index in [0.29, 0.717) is 31.9 Å². The monoisotopic (exact) mass is 526 g/mol. The van der Waals surface area contributed by atoms with Gasteiger partial charge in [-0.05, 0) is 28.7 Å². The minimum absolute atomic E-state index is 0.0197. The van der Waals surface area contributed by atoms with E-state index in [-0.39, 0.29) is 16.7 Å². The van der Waals surface area contributed by atoms with E-state index in [1.54, 1.807) is 29.2 Å². The van der Waals surface area contributed by atoms with Crippen LogP contribution in [-0.4, -0.2) is 66.0 Å². The predicted molar refractivity (Wildman–Crippen MR) is 136 cm³/mol. The molecule has 2 heterocycles. The van der Waals surface area contributed by atoms with Crippen molar-refractivity contribution in [2.75, 3.05) is 39.4 Å². The Morgan fingerprint density at radius 2 is 1.62 bits per heavy atom. The third-order valence-corrected chi connectivity index (χ3v) is 7.04. The molecule has 2 aliphatic heterocycles. The van der Waals surface area contributed by atoms with Crippen LogP contribution in [0, 0.1) is 0 Å². The molecule has 1 amide bonds. The molecule has 2 saturated heterocycles. The highest BCUT2D eigenvalue weighted by molar-refractivity contribution is 9.10. The van der Waals surface area contributed by atoms with Crippen molar-refractivity contribution in [1.82, 2.24) is 9.80 Å². The number of rotatable bonds is 5. The molecule has 2 aromatic rings. The Kier molecular flexibility index (Phi) is 7.26. The Hall–Kier alpha value is -2.48. The topological polar surface area (TPSA) is 70.1 Å². The van der Waals surface area contributed by atoms with Gasteiger partial charge in [0.05, 0.1) is 24.8 Å². The molecule has 180 valence electrons. The zero-order valence-corrected chi connectivity index (χ0v) is 21.5.